The number of nitrogens with zero attached hydrogens (tertiary/aromatic N) is 1. The van der Waals surface area contributed by atoms with E-state index in [1.807, 2.05) is 13.8 Å². The first kappa shape index (κ1) is 15.2. The number of halogens is 1. The summed E-state index contributed by atoms with van der Waals surface area (Å²) in [4.78, 5) is 11.6. The van der Waals surface area contributed by atoms with Gasteiger partial charge in [0.25, 0.3) is 0 Å². The molecule has 0 aliphatic heterocycles. The molecular weight excluding hydrogens is 243 g/mol. The van der Waals surface area contributed by atoms with Crippen molar-refractivity contribution in [2.75, 3.05) is 6.54 Å². The second-order valence-electron chi connectivity index (χ2n) is 4.94. The standard InChI is InChI=1S/C15H19FN2O/c1-11(2)10-18-15(19)8-7-12(9-17)13-5-3-4-6-14(13)16/h3-6,11-12H,7-8,10H2,1-2H3,(H,18,19). The average molecular weight is 262 g/mol. The van der Waals surface area contributed by atoms with Gasteiger partial charge in [0.1, 0.15) is 5.82 Å². The number of carbonyl (C=O) groups excluding carboxylic acids is 1. The third kappa shape index (κ3) is 5.09. The van der Waals surface area contributed by atoms with E-state index < -0.39 is 11.7 Å². The van der Waals surface area contributed by atoms with Crippen LogP contribution >= 0.6 is 0 Å². The Labute approximate surface area is 113 Å². The van der Waals surface area contributed by atoms with E-state index in [4.69, 9.17) is 5.26 Å². The van der Waals surface area contributed by atoms with Gasteiger partial charge in [-0.3, -0.25) is 4.79 Å². The summed E-state index contributed by atoms with van der Waals surface area (Å²) in [5, 5.41) is 11.9. The molecule has 0 aromatic heterocycles. The summed E-state index contributed by atoms with van der Waals surface area (Å²) in [7, 11) is 0. The lowest BCUT2D eigenvalue weighted by Gasteiger charge is -2.11. The smallest absolute Gasteiger partial charge is 0.220 e. The summed E-state index contributed by atoms with van der Waals surface area (Å²) in [5.74, 6) is -0.671. The van der Waals surface area contributed by atoms with Gasteiger partial charge in [0, 0.05) is 18.5 Å². The first-order valence-corrected chi connectivity index (χ1v) is 6.45. The lowest BCUT2D eigenvalue weighted by molar-refractivity contribution is -0.121. The van der Waals surface area contributed by atoms with Gasteiger partial charge in [-0.15, -0.1) is 0 Å². The summed E-state index contributed by atoms with van der Waals surface area (Å²) in [6.07, 6.45) is 0.570. The summed E-state index contributed by atoms with van der Waals surface area (Å²) < 4.78 is 13.6. The van der Waals surface area contributed by atoms with Crippen LogP contribution in [-0.4, -0.2) is 12.5 Å². The van der Waals surface area contributed by atoms with Crippen molar-refractivity contribution in [2.24, 2.45) is 5.92 Å². The minimum atomic E-state index is -0.578. The number of carbonyl (C=O) groups is 1. The number of hydrogen-bond donors (Lipinski definition) is 1. The normalized spacial score (nSPS) is 11.9. The van der Waals surface area contributed by atoms with E-state index in [1.165, 1.54) is 6.07 Å². The van der Waals surface area contributed by atoms with Gasteiger partial charge in [0.2, 0.25) is 5.91 Å². The zero-order valence-electron chi connectivity index (χ0n) is 11.3. The van der Waals surface area contributed by atoms with Crippen molar-refractivity contribution in [3.05, 3.63) is 35.6 Å². The van der Waals surface area contributed by atoms with Crippen LogP contribution in [0.1, 0.15) is 38.2 Å². The third-order valence-electron chi connectivity index (χ3n) is 2.80. The van der Waals surface area contributed by atoms with Crippen molar-refractivity contribution >= 4 is 5.91 Å². The molecule has 1 unspecified atom stereocenters. The molecule has 0 saturated carbocycles. The lowest BCUT2D eigenvalue weighted by atomic mass is 9.95. The highest BCUT2D eigenvalue weighted by Crippen LogP contribution is 2.22. The van der Waals surface area contributed by atoms with E-state index in [2.05, 4.69) is 11.4 Å². The number of nitrogens with one attached hydrogen (secondary N) is 1. The fourth-order valence-corrected chi connectivity index (χ4v) is 1.73. The Balaban J connectivity index is 2.53. The van der Waals surface area contributed by atoms with Gasteiger partial charge in [-0.25, -0.2) is 4.39 Å². The maximum atomic E-state index is 13.6. The van der Waals surface area contributed by atoms with Crippen molar-refractivity contribution < 1.29 is 9.18 Å². The molecule has 0 heterocycles. The maximum Gasteiger partial charge on any atom is 0.220 e. The Kier molecular flexibility index (Phi) is 6.01. The molecule has 1 aromatic rings. The summed E-state index contributed by atoms with van der Waals surface area (Å²) in [6.45, 7) is 4.64. The van der Waals surface area contributed by atoms with Crippen LogP contribution in [0.2, 0.25) is 0 Å². The molecule has 1 atom stereocenters. The largest absolute Gasteiger partial charge is 0.356 e. The molecule has 4 heteroatoms. The lowest BCUT2D eigenvalue weighted by Crippen LogP contribution is -2.27. The van der Waals surface area contributed by atoms with Crippen molar-refractivity contribution in [1.82, 2.24) is 5.32 Å². The molecule has 1 rings (SSSR count). The highest BCUT2D eigenvalue weighted by molar-refractivity contribution is 5.75. The predicted octanol–water partition coefficient (Wildman–Crippen LogP) is 2.99. The molecule has 0 saturated heterocycles. The Morgan fingerprint density at radius 3 is 2.68 bits per heavy atom. The van der Waals surface area contributed by atoms with Gasteiger partial charge in [-0.1, -0.05) is 32.0 Å². The summed E-state index contributed by atoms with van der Waals surface area (Å²) >= 11 is 0. The van der Waals surface area contributed by atoms with Gasteiger partial charge in [-0.05, 0) is 18.4 Å². The topological polar surface area (TPSA) is 52.9 Å². The van der Waals surface area contributed by atoms with Crippen molar-refractivity contribution in [3.8, 4) is 6.07 Å². The quantitative estimate of drug-likeness (QED) is 0.856. The first-order chi connectivity index (χ1) is 9.04. The van der Waals surface area contributed by atoms with Crippen molar-refractivity contribution in [1.29, 1.82) is 5.26 Å². The number of nitriles is 1. The molecule has 19 heavy (non-hydrogen) atoms. The Bertz CT molecular complexity index is 465. The van der Waals surface area contributed by atoms with Gasteiger partial charge < -0.3 is 5.32 Å². The molecule has 3 nitrogen and oxygen atoms in total. The van der Waals surface area contributed by atoms with Crippen LogP contribution in [0.5, 0.6) is 0 Å². The van der Waals surface area contributed by atoms with Crippen LogP contribution < -0.4 is 5.32 Å². The van der Waals surface area contributed by atoms with E-state index in [0.29, 0.717) is 24.4 Å². The Morgan fingerprint density at radius 2 is 2.11 bits per heavy atom. The molecular formula is C15H19FN2O. The monoisotopic (exact) mass is 262 g/mol. The average Bonchev–Trinajstić information content (AvgIpc) is 2.39. The highest BCUT2D eigenvalue weighted by atomic mass is 19.1. The summed E-state index contributed by atoms with van der Waals surface area (Å²) in [5.41, 5.74) is 0.363. The highest BCUT2D eigenvalue weighted by Gasteiger charge is 2.16. The van der Waals surface area contributed by atoms with E-state index in [9.17, 15) is 9.18 Å². The minimum Gasteiger partial charge on any atom is -0.356 e. The first-order valence-electron chi connectivity index (χ1n) is 6.45. The van der Waals surface area contributed by atoms with Gasteiger partial charge in [-0.2, -0.15) is 5.26 Å². The molecule has 1 N–H and O–H groups in total. The van der Waals surface area contributed by atoms with Crippen LogP contribution in [0.25, 0.3) is 0 Å². The zero-order valence-corrected chi connectivity index (χ0v) is 11.3. The van der Waals surface area contributed by atoms with Gasteiger partial charge in [0.05, 0.1) is 12.0 Å². The predicted molar refractivity (Wildman–Crippen MR) is 71.8 cm³/mol. The van der Waals surface area contributed by atoms with Crippen molar-refractivity contribution in [2.45, 2.75) is 32.6 Å². The molecule has 0 aliphatic carbocycles. The van der Waals surface area contributed by atoms with Crippen molar-refractivity contribution in [3.63, 3.8) is 0 Å². The zero-order chi connectivity index (χ0) is 14.3. The number of amides is 1. The fourth-order valence-electron chi connectivity index (χ4n) is 1.73. The van der Waals surface area contributed by atoms with Crippen LogP contribution in [-0.2, 0) is 4.79 Å². The Morgan fingerprint density at radius 1 is 1.42 bits per heavy atom. The van der Waals surface area contributed by atoms with E-state index in [-0.39, 0.29) is 12.3 Å². The third-order valence-corrected chi connectivity index (χ3v) is 2.80. The molecule has 0 aliphatic rings. The molecule has 0 fully saturated rings. The van der Waals surface area contributed by atoms with E-state index >= 15 is 0 Å². The van der Waals surface area contributed by atoms with Gasteiger partial charge >= 0.3 is 0 Å². The van der Waals surface area contributed by atoms with E-state index in [1.54, 1.807) is 18.2 Å². The van der Waals surface area contributed by atoms with E-state index in [0.717, 1.165) is 0 Å². The summed E-state index contributed by atoms with van der Waals surface area (Å²) in [6, 6.07) is 8.27. The van der Waals surface area contributed by atoms with Crippen LogP contribution in [0.3, 0.4) is 0 Å². The maximum absolute atomic E-state index is 13.6. The second-order valence-corrected chi connectivity index (χ2v) is 4.94. The van der Waals surface area contributed by atoms with Gasteiger partial charge in [0.15, 0.2) is 0 Å². The molecule has 1 amide bonds. The molecule has 0 radical (unpaired) electrons. The molecule has 102 valence electrons. The van der Waals surface area contributed by atoms with Crippen LogP contribution in [0.15, 0.2) is 24.3 Å². The minimum absolute atomic E-state index is 0.0923. The van der Waals surface area contributed by atoms with Crippen LogP contribution in [0, 0.1) is 23.1 Å². The second kappa shape index (κ2) is 7.52. The number of rotatable bonds is 6. The Hall–Kier alpha value is -1.89. The molecule has 1 aromatic carbocycles. The molecule has 0 spiro atoms. The number of hydrogen-bond acceptors (Lipinski definition) is 2. The fraction of sp³-hybridized carbons (Fsp3) is 0.467. The van der Waals surface area contributed by atoms with Crippen LogP contribution in [0.4, 0.5) is 4.39 Å². The molecule has 0 bridgehead atoms. The SMILES string of the molecule is CC(C)CNC(=O)CCC(C#N)c1ccccc1F. The number of benzene rings is 1.